The first-order valence-electron chi connectivity index (χ1n) is 8.66. The zero-order valence-corrected chi connectivity index (χ0v) is 13.3. The second kappa shape index (κ2) is 5.84. The summed E-state index contributed by atoms with van der Waals surface area (Å²) >= 11 is 0. The second-order valence-electron chi connectivity index (χ2n) is 6.82. The van der Waals surface area contributed by atoms with E-state index in [1.165, 1.54) is 19.3 Å². The third-order valence-corrected chi connectivity index (χ3v) is 5.31. The molecule has 1 saturated heterocycles. The lowest BCUT2D eigenvalue weighted by molar-refractivity contribution is -0.125. The van der Waals surface area contributed by atoms with E-state index in [9.17, 15) is 9.59 Å². The van der Waals surface area contributed by atoms with E-state index >= 15 is 0 Å². The Kier molecular flexibility index (Phi) is 3.68. The van der Waals surface area contributed by atoms with Crippen LogP contribution in [0.15, 0.2) is 30.3 Å². The highest BCUT2D eigenvalue weighted by molar-refractivity contribution is 6.34. The molecule has 1 aromatic rings. The van der Waals surface area contributed by atoms with Crippen molar-refractivity contribution in [3.05, 3.63) is 35.9 Å². The Morgan fingerprint density at radius 2 is 1.87 bits per heavy atom. The van der Waals surface area contributed by atoms with Crippen LogP contribution in [0.4, 0.5) is 5.69 Å². The largest absolute Gasteiger partial charge is 0.339 e. The van der Waals surface area contributed by atoms with Gasteiger partial charge in [0.2, 0.25) is 5.91 Å². The Balaban J connectivity index is 1.64. The molecule has 0 spiro atoms. The van der Waals surface area contributed by atoms with Crippen LogP contribution < -0.4 is 4.90 Å². The molecule has 0 bridgehead atoms. The first kappa shape index (κ1) is 14.5. The molecular weight excluding hydrogens is 288 g/mol. The van der Waals surface area contributed by atoms with Gasteiger partial charge in [-0.05, 0) is 37.7 Å². The average molecular weight is 310 g/mol. The number of amides is 2. The Hall–Kier alpha value is -2.10. The molecule has 23 heavy (non-hydrogen) atoms. The Bertz CT molecular complexity index is 670. The van der Waals surface area contributed by atoms with Crippen LogP contribution in [0.1, 0.15) is 37.7 Å². The molecule has 0 aromatic heterocycles. The van der Waals surface area contributed by atoms with Crippen LogP contribution >= 0.6 is 0 Å². The molecule has 0 N–H and O–H groups in total. The van der Waals surface area contributed by atoms with E-state index in [-0.39, 0.29) is 11.8 Å². The Morgan fingerprint density at radius 1 is 1.13 bits per heavy atom. The Morgan fingerprint density at radius 3 is 2.57 bits per heavy atom. The molecule has 2 fully saturated rings. The lowest BCUT2D eigenvalue weighted by Gasteiger charge is -2.30. The number of rotatable bonds is 3. The van der Waals surface area contributed by atoms with Gasteiger partial charge in [0, 0.05) is 31.3 Å². The average Bonchev–Trinajstić information content (AvgIpc) is 3.13. The predicted octanol–water partition coefficient (Wildman–Crippen LogP) is 2.84. The van der Waals surface area contributed by atoms with Gasteiger partial charge in [-0.2, -0.15) is 0 Å². The lowest BCUT2D eigenvalue weighted by Crippen LogP contribution is -2.35. The second-order valence-corrected chi connectivity index (χ2v) is 6.82. The fraction of sp³-hybridized carbons (Fsp3) is 0.474. The maximum Gasteiger partial charge on any atom is 0.259 e. The van der Waals surface area contributed by atoms with Crippen molar-refractivity contribution in [1.29, 1.82) is 0 Å². The highest BCUT2D eigenvalue weighted by Crippen LogP contribution is 2.39. The molecule has 4 heteroatoms. The zero-order valence-electron chi connectivity index (χ0n) is 13.3. The van der Waals surface area contributed by atoms with Gasteiger partial charge in [0.05, 0.1) is 11.3 Å². The highest BCUT2D eigenvalue weighted by Gasteiger charge is 2.35. The molecule has 2 amide bonds. The summed E-state index contributed by atoms with van der Waals surface area (Å²) in [4.78, 5) is 29.0. The van der Waals surface area contributed by atoms with Gasteiger partial charge in [-0.1, -0.05) is 24.6 Å². The number of likely N-dealkylation sites (tertiary alicyclic amines) is 1. The van der Waals surface area contributed by atoms with Gasteiger partial charge >= 0.3 is 0 Å². The monoisotopic (exact) mass is 310 g/mol. The summed E-state index contributed by atoms with van der Waals surface area (Å²) < 4.78 is 0. The summed E-state index contributed by atoms with van der Waals surface area (Å²) in [5, 5.41) is 0. The number of hydrogen-bond donors (Lipinski definition) is 0. The van der Waals surface area contributed by atoms with E-state index < -0.39 is 0 Å². The van der Waals surface area contributed by atoms with Crippen molar-refractivity contribution < 1.29 is 9.59 Å². The summed E-state index contributed by atoms with van der Waals surface area (Å²) in [6.07, 6.45) is 7.37. The van der Waals surface area contributed by atoms with Crippen molar-refractivity contribution in [3.8, 4) is 0 Å². The van der Waals surface area contributed by atoms with Gasteiger partial charge in [-0.25, -0.2) is 0 Å². The van der Waals surface area contributed by atoms with Gasteiger partial charge in [0.25, 0.3) is 5.91 Å². The van der Waals surface area contributed by atoms with Crippen molar-refractivity contribution >= 4 is 23.1 Å². The highest BCUT2D eigenvalue weighted by atomic mass is 16.2. The van der Waals surface area contributed by atoms with E-state index in [4.69, 9.17) is 0 Å². The van der Waals surface area contributed by atoms with E-state index in [2.05, 4.69) is 0 Å². The fourth-order valence-electron chi connectivity index (χ4n) is 3.71. The first-order chi connectivity index (χ1) is 11.2. The molecule has 2 aliphatic heterocycles. The SMILES string of the molecule is O=C(C=C1C(=O)N(CC2CCC2)c2ccccc21)N1CCCC1. The van der Waals surface area contributed by atoms with Crippen molar-refractivity contribution in [3.63, 3.8) is 0 Å². The molecule has 4 rings (SSSR count). The molecule has 1 aliphatic carbocycles. The fourth-order valence-corrected chi connectivity index (χ4v) is 3.71. The predicted molar refractivity (Wildman–Crippen MR) is 89.9 cm³/mol. The number of benzene rings is 1. The normalized spacial score (nSPS) is 22.6. The van der Waals surface area contributed by atoms with Crippen LogP contribution in [-0.4, -0.2) is 36.3 Å². The smallest absolute Gasteiger partial charge is 0.259 e. The van der Waals surface area contributed by atoms with Crippen molar-refractivity contribution in [2.24, 2.45) is 5.92 Å². The van der Waals surface area contributed by atoms with Gasteiger partial charge in [-0.3, -0.25) is 9.59 Å². The number of carbonyl (C=O) groups is 2. The molecule has 1 aromatic carbocycles. The maximum absolute atomic E-state index is 12.9. The quantitative estimate of drug-likeness (QED) is 0.806. The molecule has 3 aliphatic rings. The van der Waals surface area contributed by atoms with Crippen LogP contribution in [0, 0.1) is 5.92 Å². The molecule has 0 radical (unpaired) electrons. The molecular formula is C19H22N2O2. The first-order valence-corrected chi connectivity index (χ1v) is 8.66. The molecule has 1 saturated carbocycles. The minimum atomic E-state index is -0.0221. The Labute approximate surface area is 136 Å². The number of fused-ring (bicyclic) bond motifs is 1. The minimum Gasteiger partial charge on any atom is -0.339 e. The van der Waals surface area contributed by atoms with Crippen molar-refractivity contribution in [1.82, 2.24) is 4.90 Å². The van der Waals surface area contributed by atoms with Crippen molar-refractivity contribution in [2.45, 2.75) is 32.1 Å². The van der Waals surface area contributed by atoms with Gasteiger partial charge in [0.1, 0.15) is 0 Å². The number of para-hydroxylation sites is 1. The van der Waals surface area contributed by atoms with E-state index in [1.54, 1.807) is 6.08 Å². The van der Waals surface area contributed by atoms with E-state index in [0.717, 1.165) is 43.7 Å². The minimum absolute atomic E-state index is 0.00866. The van der Waals surface area contributed by atoms with Crippen LogP contribution in [0.2, 0.25) is 0 Å². The zero-order chi connectivity index (χ0) is 15.8. The van der Waals surface area contributed by atoms with Crippen molar-refractivity contribution in [2.75, 3.05) is 24.5 Å². The standard InChI is InChI=1S/C19H22N2O2/c22-18(20-10-3-4-11-20)12-16-15-8-1-2-9-17(15)21(19(16)23)13-14-6-5-7-14/h1-2,8-9,12,14H,3-7,10-11,13H2. The summed E-state index contributed by atoms with van der Waals surface area (Å²) in [7, 11) is 0. The number of hydrogen-bond acceptors (Lipinski definition) is 2. The topological polar surface area (TPSA) is 40.6 Å². The van der Waals surface area contributed by atoms with Crippen LogP contribution in [-0.2, 0) is 9.59 Å². The molecule has 0 unspecified atom stereocenters. The number of carbonyl (C=O) groups excluding carboxylic acids is 2. The van der Waals surface area contributed by atoms with Crippen LogP contribution in [0.5, 0.6) is 0 Å². The summed E-state index contributed by atoms with van der Waals surface area (Å²) in [6.45, 7) is 2.40. The third kappa shape index (κ3) is 2.56. The van der Waals surface area contributed by atoms with E-state index in [0.29, 0.717) is 11.5 Å². The summed E-state index contributed by atoms with van der Waals surface area (Å²) in [5.74, 6) is 0.581. The van der Waals surface area contributed by atoms with Gasteiger partial charge < -0.3 is 9.80 Å². The van der Waals surface area contributed by atoms with E-state index in [1.807, 2.05) is 34.1 Å². The third-order valence-electron chi connectivity index (χ3n) is 5.31. The summed E-state index contributed by atoms with van der Waals surface area (Å²) in [6, 6.07) is 7.85. The molecule has 120 valence electrons. The lowest BCUT2D eigenvalue weighted by atomic mass is 9.85. The number of anilines is 1. The maximum atomic E-state index is 12.9. The van der Waals surface area contributed by atoms with Gasteiger partial charge in [-0.15, -0.1) is 0 Å². The molecule has 0 atom stereocenters. The van der Waals surface area contributed by atoms with Crippen LogP contribution in [0.25, 0.3) is 5.57 Å². The molecule has 4 nitrogen and oxygen atoms in total. The molecule has 2 heterocycles. The van der Waals surface area contributed by atoms with Gasteiger partial charge in [0.15, 0.2) is 0 Å². The van der Waals surface area contributed by atoms with Crippen LogP contribution in [0.3, 0.4) is 0 Å². The number of nitrogens with zero attached hydrogens (tertiary/aromatic N) is 2. The summed E-state index contributed by atoms with van der Waals surface area (Å²) in [5.41, 5.74) is 2.44.